The maximum atomic E-state index is 11.5. The van der Waals surface area contributed by atoms with E-state index in [9.17, 15) is 4.79 Å². The number of hydrogen-bond donors (Lipinski definition) is 0. The number of hydrogen-bond acceptors (Lipinski definition) is 3. The molecule has 1 aromatic rings. The fourth-order valence-electron chi connectivity index (χ4n) is 2.03. The molecule has 0 atom stereocenters. The molecule has 1 aliphatic heterocycles. The number of halogens is 1. The van der Waals surface area contributed by atoms with Gasteiger partial charge in [0.25, 0.3) is 5.56 Å². The van der Waals surface area contributed by atoms with E-state index >= 15 is 0 Å². The van der Waals surface area contributed by atoms with Gasteiger partial charge in [0.05, 0.1) is 6.20 Å². The van der Waals surface area contributed by atoms with Gasteiger partial charge in [0.15, 0.2) is 0 Å². The summed E-state index contributed by atoms with van der Waals surface area (Å²) >= 11 is 2.11. The van der Waals surface area contributed by atoms with Crippen LogP contribution in [0.3, 0.4) is 0 Å². The van der Waals surface area contributed by atoms with E-state index < -0.39 is 0 Å². The standard InChI is InChI=1S/C11H16IN3O/c12-10-8-11(16)15(13-9-10)7-3-6-14-4-1-2-5-14/h8-9H,1-7H2. The van der Waals surface area contributed by atoms with Crippen molar-refractivity contribution in [3.63, 3.8) is 0 Å². The van der Waals surface area contributed by atoms with Gasteiger partial charge in [-0.1, -0.05) is 0 Å². The molecule has 0 aliphatic carbocycles. The lowest BCUT2D eigenvalue weighted by atomic mass is 10.4. The van der Waals surface area contributed by atoms with E-state index in [0.29, 0.717) is 0 Å². The Morgan fingerprint density at radius 1 is 1.31 bits per heavy atom. The Hall–Kier alpha value is -0.430. The van der Waals surface area contributed by atoms with Crippen LogP contribution in [-0.2, 0) is 6.54 Å². The lowest BCUT2D eigenvalue weighted by molar-refractivity contribution is 0.320. The minimum absolute atomic E-state index is 0.00771. The van der Waals surface area contributed by atoms with Crippen molar-refractivity contribution in [1.29, 1.82) is 0 Å². The Labute approximate surface area is 109 Å². The zero-order valence-corrected chi connectivity index (χ0v) is 11.4. The molecule has 0 spiro atoms. The summed E-state index contributed by atoms with van der Waals surface area (Å²) in [5.41, 5.74) is 0.00771. The first-order chi connectivity index (χ1) is 7.75. The van der Waals surface area contributed by atoms with Gasteiger partial charge in [-0.15, -0.1) is 0 Å². The highest BCUT2D eigenvalue weighted by Gasteiger charge is 2.10. The summed E-state index contributed by atoms with van der Waals surface area (Å²) in [6.07, 6.45) is 5.38. The lowest BCUT2D eigenvalue weighted by Gasteiger charge is -2.14. The molecule has 1 aromatic heterocycles. The minimum Gasteiger partial charge on any atom is -0.303 e. The predicted molar refractivity (Wildman–Crippen MR) is 71.5 cm³/mol. The maximum Gasteiger partial charge on any atom is 0.267 e. The molecular weight excluding hydrogens is 317 g/mol. The molecule has 0 aromatic carbocycles. The Balaban J connectivity index is 1.82. The van der Waals surface area contributed by atoms with Gasteiger partial charge < -0.3 is 4.90 Å². The summed E-state index contributed by atoms with van der Waals surface area (Å²) in [4.78, 5) is 14.0. The average Bonchev–Trinajstić information content (AvgIpc) is 2.74. The van der Waals surface area contributed by atoms with E-state index in [1.54, 1.807) is 16.9 Å². The number of rotatable bonds is 4. The van der Waals surface area contributed by atoms with E-state index in [0.717, 1.165) is 23.1 Å². The molecule has 2 rings (SSSR count). The van der Waals surface area contributed by atoms with Crippen molar-refractivity contribution < 1.29 is 0 Å². The quantitative estimate of drug-likeness (QED) is 0.781. The predicted octanol–water partition coefficient (Wildman–Crippen LogP) is 1.33. The molecule has 5 heteroatoms. The summed E-state index contributed by atoms with van der Waals surface area (Å²) in [7, 11) is 0. The van der Waals surface area contributed by atoms with Gasteiger partial charge in [0, 0.05) is 16.2 Å². The van der Waals surface area contributed by atoms with Crippen molar-refractivity contribution in [3.05, 3.63) is 26.2 Å². The molecule has 0 unspecified atom stereocenters. The summed E-state index contributed by atoms with van der Waals surface area (Å²) in [6.45, 7) is 4.25. The summed E-state index contributed by atoms with van der Waals surface area (Å²) in [5.74, 6) is 0. The first-order valence-corrected chi connectivity index (χ1v) is 6.78. The summed E-state index contributed by atoms with van der Waals surface area (Å²) in [6, 6.07) is 1.63. The van der Waals surface area contributed by atoms with Crippen LogP contribution in [-0.4, -0.2) is 34.3 Å². The molecular formula is C11H16IN3O. The molecule has 2 heterocycles. The molecule has 0 amide bonds. The van der Waals surface area contributed by atoms with Gasteiger partial charge in [-0.05, 0) is 61.5 Å². The van der Waals surface area contributed by atoms with Crippen LogP contribution >= 0.6 is 22.6 Å². The molecule has 1 fully saturated rings. The first kappa shape index (κ1) is 12.0. The third-order valence-corrected chi connectivity index (χ3v) is 3.47. The van der Waals surface area contributed by atoms with E-state index in [-0.39, 0.29) is 5.56 Å². The fraction of sp³-hybridized carbons (Fsp3) is 0.636. The second kappa shape index (κ2) is 5.77. The van der Waals surface area contributed by atoms with E-state index in [2.05, 4.69) is 32.6 Å². The normalized spacial score (nSPS) is 16.8. The van der Waals surface area contributed by atoms with E-state index in [4.69, 9.17) is 0 Å². The average molecular weight is 333 g/mol. The number of aryl methyl sites for hydroxylation is 1. The topological polar surface area (TPSA) is 38.1 Å². The Bertz CT molecular complexity index is 398. The van der Waals surface area contributed by atoms with Crippen molar-refractivity contribution >= 4 is 22.6 Å². The Kier molecular flexibility index (Phi) is 4.34. The smallest absolute Gasteiger partial charge is 0.267 e. The first-order valence-electron chi connectivity index (χ1n) is 5.71. The monoisotopic (exact) mass is 333 g/mol. The lowest BCUT2D eigenvalue weighted by Crippen LogP contribution is -2.26. The van der Waals surface area contributed by atoms with Crippen molar-refractivity contribution in [3.8, 4) is 0 Å². The van der Waals surface area contributed by atoms with Crippen molar-refractivity contribution in [2.24, 2.45) is 0 Å². The van der Waals surface area contributed by atoms with Crippen LogP contribution in [0.5, 0.6) is 0 Å². The van der Waals surface area contributed by atoms with Crippen LogP contribution < -0.4 is 5.56 Å². The number of aromatic nitrogens is 2. The molecule has 0 radical (unpaired) electrons. The second-order valence-electron chi connectivity index (χ2n) is 4.14. The van der Waals surface area contributed by atoms with E-state index in [1.165, 1.54) is 25.9 Å². The third kappa shape index (κ3) is 3.28. The molecule has 1 saturated heterocycles. The van der Waals surface area contributed by atoms with Gasteiger partial charge in [-0.25, -0.2) is 4.68 Å². The molecule has 0 N–H and O–H groups in total. The van der Waals surface area contributed by atoms with Crippen LogP contribution in [0.15, 0.2) is 17.1 Å². The third-order valence-electron chi connectivity index (χ3n) is 2.88. The van der Waals surface area contributed by atoms with Crippen LogP contribution in [0.1, 0.15) is 19.3 Å². The van der Waals surface area contributed by atoms with Crippen molar-refractivity contribution in [2.45, 2.75) is 25.8 Å². The summed E-state index contributed by atoms with van der Waals surface area (Å²) < 4.78 is 2.46. The number of nitrogens with zero attached hydrogens (tertiary/aromatic N) is 3. The van der Waals surface area contributed by atoms with Crippen LogP contribution in [0.4, 0.5) is 0 Å². The molecule has 88 valence electrons. The molecule has 0 bridgehead atoms. The molecule has 0 saturated carbocycles. The van der Waals surface area contributed by atoms with Crippen LogP contribution in [0.25, 0.3) is 0 Å². The highest BCUT2D eigenvalue weighted by molar-refractivity contribution is 14.1. The zero-order valence-electron chi connectivity index (χ0n) is 9.23. The van der Waals surface area contributed by atoms with Gasteiger partial charge in [-0.2, -0.15) is 5.10 Å². The van der Waals surface area contributed by atoms with Gasteiger partial charge >= 0.3 is 0 Å². The van der Waals surface area contributed by atoms with Crippen LogP contribution in [0.2, 0.25) is 0 Å². The zero-order chi connectivity index (χ0) is 11.4. The van der Waals surface area contributed by atoms with Gasteiger partial charge in [-0.3, -0.25) is 4.79 Å². The Morgan fingerprint density at radius 3 is 2.75 bits per heavy atom. The highest BCUT2D eigenvalue weighted by atomic mass is 127. The molecule has 4 nitrogen and oxygen atoms in total. The minimum atomic E-state index is 0.00771. The fourth-order valence-corrected chi connectivity index (χ4v) is 2.42. The summed E-state index contributed by atoms with van der Waals surface area (Å²) in [5, 5.41) is 4.12. The molecule has 16 heavy (non-hydrogen) atoms. The molecule has 1 aliphatic rings. The van der Waals surface area contributed by atoms with Crippen LogP contribution in [0, 0.1) is 3.57 Å². The van der Waals surface area contributed by atoms with Crippen molar-refractivity contribution in [2.75, 3.05) is 19.6 Å². The van der Waals surface area contributed by atoms with Gasteiger partial charge in [0.1, 0.15) is 0 Å². The second-order valence-corrected chi connectivity index (χ2v) is 5.38. The van der Waals surface area contributed by atoms with Gasteiger partial charge in [0.2, 0.25) is 0 Å². The Morgan fingerprint density at radius 2 is 2.06 bits per heavy atom. The number of likely N-dealkylation sites (tertiary alicyclic amines) is 1. The van der Waals surface area contributed by atoms with Crippen molar-refractivity contribution in [1.82, 2.24) is 14.7 Å². The van der Waals surface area contributed by atoms with E-state index in [1.807, 2.05) is 0 Å². The largest absolute Gasteiger partial charge is 0.303 e. The maximum absolute atomic E-state index is 11.5. The highest BCUT2D eigenvalue weighted by Crippen LogP contribution is 2.07. The SMILES string of the molecule is O=c1cc(I)cnn1CCCN1CCCC1.